The Hall–Kier alpha value is -1.14. The van der Waals surface area contributed by atoms with Gasteiger partial charge >= 0.3 is 0 Å². The highest BCUT2D eigenvalue weighted by Gasteiger charge is 2.23. The number of rotatable bonds is 5. The van der Waals surface area contributed by atoms with Gasteiger partial charge in [-0.05, 0) is 43.3 Å². The van der Waals surface area contributed by atoms with Crippen molar-refractivity contribution in [2.24, 2.45) is 5.84 Å². The molecular weight excluding hydrogens is 359 g/mol. The second kappa shape index (κ2) is 7.22. The molecule has 112 valence electrons. The van der Waals surface area contributed by atoms with Crippen molar-refractivity contribution in [3.63, 3.8) is 0 Å². The van der Waals surface area contributed by atoms with Crippen LogP contribution in [0.4, 0.5) is 4.39 Å². The van der Waals surface area contributed by atoms with Gasteiger partial charge in [0.15, 0.2) is 0 Å². The zero-order chi connectivity index (χ0) is 15.4. The first-order valence-electron chi connectivity index (χ1n) is 6.34. The minimum Gasteiger partial charge on any atom is -0.489 e. The third-order valence-electron chi connectivity index (χ3n) is 3.06. The molecule has 0 aliphatic heterocycles. The summed E-state index contributed by atoms with van der Waals surface area (Å²) in [5.41, 5.74) is 3.03. The van der Waals surface area contributed by atoms with E-state index in [-0.39, 0.29) is 5.82 Å². The van der Waals surface area contributed by atoms with Crippen molar-refractivity contribution >= 4 is 27.5 Å². The summed E-state index contributed by atoms with van der Waals surface area (Å²) in [7, 11) is 0. The number of hydrogen-bond acceptors (Lipinski definition) is 3. The standard InChI is InChI=1S/C15H15BrClFN2O/c1-9(21-12-4-2-3-11(17)8-12)15(20-19)13-7-10(16)5-6-14(13)18/h2-9,15,20H,19H2,1H3. The molecule has 0 radical (unpaired) electrons. The Balaban J connectivity index is 2.22. The molecule has 0 saturated carbocycles. The van der Waals surface area contributed by atoms with E-state index in [0.29, 0.717) is 16.3 Å². The lowest BCUT2D eigenvalue weighted by atomic mass is 10.0. The van der Waals surface area contributed by atoms with Crippen LogP contribution >= 0.6 is 27.5 Å². The molecule has 0 aliphatic rings. The van der Waals surface area contributed by atoms with Gasteiger partial charge in [0.05, 0.1) is 6.04 Å². The van der Waals surface area contributed by atoms with E-state index in [1.165, 1.54) is 6.07 Å². The lowest BCUT2D eigenvalue weighted by molar-refractivity contribution is 0.169. The van der Waals surface area contributed by atoms with Crippen molar-refractivity contribution < 1.29 is 9.13 Å². The number of hydrogen-bond donors (Lipinski definition) is 2. The molecule has 0 aromatic heterocycles. The van der Waals surface area contributed by atoms with E-state index >= 15 is 0 Å². The first-order valence-corrected chi connectivity index (χ1v) is 7.51. The van der Waals surface area contributed by atoms with E-state index in [4.69, 9.17) is 22.2 Å². The minimum absolute atomic E-state index is 0.345. The van der Waals surface area contributed by atoms with Gasteiger partial charge in [0, 0.05) is 15.1 Å². The molecule has 6 heteroatoms. The van der Waals surface area contributed by atoms with Crippen molar-refractivity contribution in [1.82, 2.24) is 5.43 Å². The van der Waals surface area contributed by atoms with E-state index in [9.17, 15) is 4.39 Å². The lowest BCUT2D eigenvalue weighted by Gasteiger charge is -2.25. The fourth-order valence-corrected chi connectivity index (χ4v) is 2.61. The summed E-state index contributed by atoms with van der Waals surface area (Å²) >= 11 is 9.24. The van der Waals surface area contributed by atoms with Gasteiger partial charge in [0.2, 0.25) is 0 Å². The van der Waals surface area contributed by atoms with Gasteiger partial charge in [-0.3, -0.25) is 5.84 Å². The maximum absolute atomic E-state index is 14.0. The summed E-state index contributed by atoms with van der Waals surface area (Å²) in [5, 5.41) is 0.575. The summed E-state index contributed by atoms with van der Waals surface area (Å²) in [6.45, 7) is 1.81. The van der Waals surface area contributed by atoms with E-state index < -0.39 is 12.1 Å². The highest BCUT2D eigenvalue weighted by Crippen LogP contribution is 2.27. The normalized spacial score (nSPS) is 13.8. The second-order valence-corrected chi connectivity index (χ2v) is 5.94. The van der Waals surface area contributed by atoms with Gasteiger partial charge < -0.3 is 4.74 Å². The highest BCUT2D eigenvalue weighted by molar-refractivity contribution is 9.10. The van der Waals surface area contributed by atoms with Gasteiger partial charge in [-0.15, -0.1) is 0 Å². The average molecular weight is 374 g/mol. The van der Waals surface area contributed by atoms with Crippen LogP contribution in [0.25, 0.3) is 0 Å². The Labute approximate surface area is 136 Å². The number of nitrogens with one attached hydrogen (secondary N) is 1. The lowest BCUT2D eigenvalue weighted by Crippen LogP contribution is -2.38. The molecule has 0 spiro atoms. The highest BCUT2D eigenvalue weighted by atomic mass is 79.9. The number of ether oxygens (including phenoxy) is 1. The average Bonchev–Trinajstić information content (AvgIpc) is 2.43. The fraction of sp³-hybridized carbons (Fsp3) is 0.200. The molecular formula is C15H15BrClFN2O. The Bertz CT molecular complexity index is 626. The van der Waals surface area contributed by atoms with Crippen molar-refractivity contribution in [3.05, 3.63) is 63.3 Å². The minimum atomic E-state index is -0.499. The van der Waals surface area contributed by atoms with Crippen molar-refractivity contribution in [2.45, 2.75) is 19.1 Å². The number of nitrogens with two attached hydrogens (primary N) is 1. The van der Waals surface area contributed by atoms with Crippen LogP contribution in [0.2, 0.25) is 5.02 Å². The Morgan fingerprint density at radius 3 is 2.71 bits per heavy atom. The van der Waals surface area contributed by atoms with Crippen LogP contribution in [0.5, 0.6) is 5.75 Å². The van der Waals surface area contributed by atoms with Crippen molar-refractivity contribution in [3.8, 4) is 5.75 Å². The summed E-state index contributed by atoms with van der Waals surface area (Å²) in [6, 6.07) is 11.2. The molecule has 2 atom stereocenters. The van der Waals surface area contributed by atoms with Crippen LogP contribution in [0.3, 0.4) is 0 Å². The number of benzene rings is 2. The molecule has 2 aromatic rings. The summed E-state index contributed by atoms with van der Waals surface area (Å²) in [5.74, 6) is 5.83. The Morgan fingerprint density at radius 1 is 1.29 bits per heavy atom. The maximum atomic E-state index is 14.0. The molecule has 3 nitrogen and oxygen atoms in total. The molecule has 2 aromatic carbocycles. The van der Waals surface area contributed by atoms with Crippen LogP contribution < -0.4 is 16.0 Å². The van der Waals surface area contributed by atoms with Gasteiger partial charge in [-0.25, -0.2) is 9.82 Å². The van der Waals surface area contributed by atoms with E-state index in [2.05, 4.69) is 21.4 Å². The quantitative estimate of drug-likeness (QED) is 0.609. The molecule has 0 saturated heterocycles. The van der Waals surface area contributed by atoms with Gasteiger partial charge in [-0.2, -0.15) is 0 Å². The molecule has 0 aliphatic carbocycles. The molecule has 21 heavy (non-hydrogen) atoms. The molecule has 0 heterocycles. The van der Waals surface area contributed by atoms with Crippen LogP contribution in [0.15, 0.2) is 46.9 Å². The van der Waals surface area contributed by atoms with Gasteiger partial charge in [0.1, 0.15) is 17.7 Å². The fourth-order valence-electron chi connectivity index (χ4n) is 2.05. The largest absolute Gasteiger partial charge is 0.489 e. The SMILES string of the molecule is CC(Oc1cccc(Cl)c1)C(NN)c1cc(Br)ccc1F. The van der Waals surface area contributed by atoms with Gasteiger partial charge in [-0.1, -0.05) is 33.6 Å². The Morgan fingerprint density at radius 2 is 2.05 bits per heavy atom. The zero-order valence-corrected chi connectivity index (χ0v) is 13.7. The summed E-state index contributed by atoms with van der Waals surface area (Å²) < 4.78 is 20.5. The van der Waals surface area contributed by atoms with Crippen LogP contribution in [-0.4, -0.2) is 6.10 Å². The number of halogens is 3. The molecule has 0 amide bonds. The molecule has 2 unspecified atom stereocenters. The predicted octanol–water partition coefficient (Wildman–Crippen LogP) is 4.21. The summed E-state index contributed by atoms with van der Waals surface area (Å²) in [4.78, 5) is 0. The molecule has 0 bridgehead atoms. The molecule has 2 rings (SSSR count). The van der Waals surface area contributed by atoms with Crippen LogP contribution in [0, 0.1) is 5.82 Å². The maximum Gasteiger partial charge on any atom is 0.128 e. The second-order valence-electron chi connectivity index (χ2n) is 4.59. The van der Waals surface area contributed by atoms with Crippen LogP contribution in [0.1, 0.15) is 18.5 Å². The van der Waals surface area contributed by atoms with E-state index in [0.717, 1.165) is 4.47 Å². The first-order chi connectivity index (χ1) is 10.0. The zero-order valence-electron chi connectivity index (χ0n) is 11.3. The third kappa shape index (κ3) is 4.17. The summed E-state index contributed by atoms with van der Waals surface area (Å²) in [6.07, 6.45) is -0.391. The smallest absolute Gasteiger partial charge is 0.128 e. The monoisotopic (exact) mass is 372 g/mol. The van der Waals surface area contributed by atoms with E-state index in [1.807, 2.05) is 6.92 Å². The van der Waals surface area contributed by atoms with Crippen molar-refractivity contribution in [1.29, 1.82) is 0 Å². The molecule has 0 fully saturated rings. The first kappa shape index (κ1) is 16.2. The van der Waals surface area contributed by atoms with E-state index in [1.54, 1.807) is 36.4 Å². The van der Waals surface area contributed by atoms with Crippen molar-refractivity contribution in [2.75, 3.05) is 0 Å². The van der Waals surface area contributed by atoms with Gasteiger partial charge in [0.25, 0.3) is 0 Å². The molecule has 3 N–H and O–H groups in total. The van der Waals surface area contributed by atoms with Crippen LogP contribution in [-0.2, 0) is 0 Å². The third-order valence-corrected chi connectivity index (χ3v) is 3.79. The Kier molecular flexibility index (Phi) is 5.58. The topological polar surface area (TPSA) is 47.3 Å². The predicted molar refractivity (Wildman–Crippen MR) is 85.7 cm³/mol. The number of hydrazine groups is 1.